The van der Waals surface area contributed by atoms with Crippen molar-refractivity contribution in [1.29, 1.82) is 0 Å². The molecule has 2 aromatic carbocycles. The van der Waals surface area contributed by atoms with Gasteiger partial charge in [-0.25, -0.2) is 4.39 Å². The van der Waals surface area contributed by atoms with Gasteiger partial charge >= 0.3 is 0 Å². The number of thioether (sulfide) groups is 1. The Morgan fingerprint density at radius 2 is 1.85 bits per heavy atom. The molecule has 1 aliphatic rings. The summed E-state index contributed by atoms with van der Waals surface area (Å²) in [7, 11) is 0. The molecule has 0 bridgehead atoms. The molecule has 134 valence electrons. The summed E-state index contributed by atoms with van der Waals surface area (Å²) in [5, 5.41) is 2.16. The second-order valence-electron chi connectivity index (χ2n) is 5.86. The third kappa shape index (κ3) is 4.68. The zero-order chi connectivity index (χ0) is 18.5. The van der Waals surface area contributed by atoms with Crippen molar-refractivity contribution in [1.82, 2.24) is 4.90 Å². The first kappa shape index (κ1) is 18.5. The van der Waals surface area contributed by atoms with Gasteiger partial charge in [0.15, 0.2) is 0 Å². The molecular formula is C19H17FN2O2S2. The number of benzene rings is 2. The highest BCUT2D eigenvalue weighted by Gasteiger charge is 2.37. The molecule has 0 spiro atoms. The molecule has 1 fully saturated rings. The number of carbonyl (C=O) groups excluding carboxylic acids is 2. The Morgan fingerprint density at radius 1 is 1.15 bits per heavy atom. The van der Waals surface area contributed by atoms with Gasteiger partial charge in [0, 0.05) is 18.7 Å². The van der Waals surface area contributed by atoms with Gasteiger partial charge in [-0.1, -0.05) is 54.3 Å². The Bertz CT molecular complexity index is 812. The molecule has 1 heterocycles. The van der Waals surface area contributed by atoms with Gasteiger partial charge < -0.3 is 5.32 Å². The normalized spacial score (nSPS) is 16.8. The lowest BCUT2D eigenvalue weighted by molar-refractivity contribution is -0.128. The van der Waals surface area contributed by atoms with E-state index in [-0.39, 0.29) is 24.1 Å². The standard InChI is InChI=1S/C19H17FN2O2S2/c20-14-6-8-15(9-7-14)21-17(23)12-16-18(24)22(19(25)26-16)11-10-13-4-2-1-3-5-13/h1-9,16H,10-12H2,(H,21,23). The summed E-state index contributed by atoms with van der Waals surface area (Å²) < 4.78 is 13.4. The summed E-state index contributed by atoms with van der Waals surface area (Å²) in [5.74, 6) is -0.802. The maximum atomic E-state index is 12.9. The largest absolute Gasteiger partial charge is 0.326 e. The predicted molar refractivity (Wildman–Crippen MR) is 105 cm³/mol. The first-order chi connectivity index (χ1) is 12.5. The van der Waals surface area contributed by atoms with Crippen LogP contribution in [0.4, 0.5) is 10.1 Å². The highest BCUT2D eigenvalue weighted by molar-refractivity contribution is 8.24. The van der Waals surface area contributed by atoms with Crippen LogP contribution in [0.15, 0.2) is 54.6 Å². The minimum Gasteiger partial charge on any atom is -0.326 e. The zero-order valence-electron chi connectivity index (χ0n) is 13.9. The highest BCUT2D eigenvalue weighted by Crippen LogP contribution is 2.30. The summed E-state index contributed by atoms with van der Waals surface area (Å²) in [5.41, 5.74) is 1.63. The number of amides is 2. The molecule has 0 aliphatic carbocycles. The molecule has 26 heavy (non-hydrogen) atoms. The lowest BCUT2D eigenvalue weighted by Gasteiger charge is -2.15. The fourth-order valence-electron chi connectivity index (χ4n) is 2.63. The average molecular weight is 388 g/mol. The molecule has 1 saturated heterocycles. The van der Waals surface area contributed by atoms with Crippen molar-refractivity contribution in [2.45, 2.75) is 18.1 Å². The Hall–Kier alpha value is -2.25. The number of anilines is 1. The van der Waals surface area contributed by atoms with Crippen LogP contribution in [0.3, 0.4) is 0 Å². The monoisotopic (exact) mass is 388 g/mol. The molecule has 0 aromatic heterocycles. The van der Waals surface area contributed by atoms with Crippen LogP contribution in [0, 0.1) is 5.82 Å². The van der Waals surface area contributed by atoms with Crippen LogP contribution in [-0.2, 0) is 16.0 Å². The number of nitrogens with zero attached hydrogens (tertiary/aromatic N) is 1. The minimum absolute atomic E-state index is 0.0306. The van der Waals surface area contributed by atoms with Crippen molar-refractivity contribution >= 4 is 45.8 Å². The van der Waals surface area contributed by atoms with E-state index >= 15 is 0 Å². The minimum atomic E-state index is -0.515. The van der Waals surface area contributed by atoms with Crippen molar-refractivity contribution in [2.75, 3.05) is 11.9 Å². The number of hydrogen-bond acceptors (Lipinski definition) is 4. The molecule has 1 N–H and O–H groups in total. The van der Waals surface area contributed by atoms with E-state index in [4.69, 9.17) is 12.2 Å². The second-order valence-corrected chi connectivity index (χ2v) is 7.69. The average Bonchev–Trinajstić information content (AvgIpc) is 2.89. The molecule has 4 nitrogen and oxygen atoms in total. The molecule has 1 aliphatic heterocycles. The van der Waals surface area contributed by atoms with Gasteiger partial charge in [-0.05, 0) is 36.2 Å². The van der Waals surface area contributed by atoms with Crippen LogP contribution in [0.2, 0.25) is 0 Å². The number of thiocarbonyl (C=S) groups is 1. The lowest BCUT2D eigenvalue weighted by atomic mass is 10.1. The van der Waals surface area contributed by atoms with Gasteiger partial charge in [-0.15, -0.1) is 0 Å². The fourth-order valence-corrected chi connectivity index (χ4v) is 4.17. The number of halogens is 1. The molecule has 3 rings (SSSR count). The first-order valence-corrected chi connectivity index (χ1v) is 9.43. The molecule has 0 saturated carbocycles. The summed E-state index contributed by atoms with van der Waals surface area (Å²) in [4.78, 5) is 26.3. The summed E-state index contributed by atoms with van der Waals surface area (Å²) in [6, 6.07) is 15.4. The van der Waals surface area contributed by atoms with E-state index in [1.54, 1.807) is 4.90 Å². The second kappa shape index (κ2) is 8.42. The summed E-state index contributed by atoms with van der Waals surface area (Å²) in [6.45, 7) is 0.505. The van der Waals surface area contributed by atoms with Crippen molar-refractivity contribution in [2.24, 2.45) is 0 Å². The molecule has 2 aromatic rings. The van der Waals surface area contributed by atoms with E-state index in [1.165, 1.54) is 36.0 Å². The highest BCUT2D eigenvalue weighted by atomic mass is 32.2. The summed E-state index contributed by atoms with van der Waals surface area (Å²) in [6.07, 6.45) is 0.741. The van der Waals surface area contributed by atoms with Gasteiger partial charge in [0.1, 0.15) is 10.1 Å². The molecule has 2 amide bonds. The van der Waals surface area contributed by atoms with Gasteiger partial charge in [-0.2, -0.15) is 0 Å². The maximum absolute atomic E-state index is 12.9. The van der Waals surface area contributed by atoms with Crippen LogP contribution in [-0.4, -0.2) is 32.8 Å². The number of carbonyl (C=O) groups is 2. The first-order valence-electron chi connectivity index (χ1n) is 8.14. The van der Waals surface area contributed by atoms with Gasteiger partial charge in [0.25, 0.3) is 0 Å². The van der Waals surface area contributed by atoms with Crippen LogP contribution in [0.1, 0.15) is 12.0 Å². The topological polar surface area (TPSA) is 49.4 Å². The predicted octanol–water partition coefficient (Wildman–Crippen LogP) is 3.63. The van der Waals surface area contributed by atoms with E-state index in [0.717, 1.165) is 5.56 Å². The fraction of sp³-hybridized carbons (Fsp3) is 0.211. The van der Waals surface area contributed by atoms with Gasteiger partial charge in [0.2, 0.25) is 11.8 Å². The smallest absolute Gasteiger partial charge is 0.242 e. The van der Waals surface area contributed by atoms with Crippen LogP contribution in [0.25, 0.3) is 0 Å². The van der Waals surface area contributed by atoms with E-state index in [2.05, 4.69) is 5.32 Å². The van der Waals surface area contributed by atoms with Gasteiger partial charge in [-0.3, -0.25) is 14.5 Å². The Balaban J connectivity index is 1.54. The molecule has 7 heteroatoms. The van der Waals surface area contributed by atoms with Crippen LogP contribution in [0.5, 0.6) is 0 Å². The number of rotatable bonds is 6. The molecular weight excluding hydrogens is 371 g/mol. The third-order valence-corrected chi connectivity index (χ3v) is 5.55. The Morgan fingerprint density at radius 3 is 2.54 bits per heavy atom. The molecule has 0 radical (unpaired) electrons. The van der Waals surface area contributed by atoms with E-state index in [0.29, 0.717) is 23.0 Å². The van der Waals surface area contributed by atoms with Crippen LogP contribution < -0.4 is 5.32 Å². The van der Waals surface area contributed by atoms with E-state index in [9.17, 15) is 14.0 Å². The van der Waals surface area contributed by atoms with Crippen molar-refractivity contribution in [3.8, 4) is 0 Å². The van der Waals surface area contributed by atoms with Crippen molar-refractivity contribution < 1.29 is 14.0 Å². The SMILES string of the molecule is O=C(CC1SC(=S)N(CCc2ccccc2)C1=O)Nc1ccc(F)cc1. The number of hydrogen-bond donors (Lipinski definition) is 1. The van der Waals surface area contributed by atoms with E-state index in [1.807, 2.05) is 30.3 Å². The summed E-state index contributed by atoms with van der Waals surface area (Å²) >= 11 is 6.55. The van der Waals surface area contributed by atoms with Gasteiger partial charge in [0.05, 0.1) is 5.25 Å². The Kier molecular flexibility index (Phi) is 6.00. The van der Waals surface area contributed by atoms with E-state index < -0.39 is 5.25 Å². The molecule has 1 atom stereocenters. The van der Waals surface area contributed by atoms with Crippen molar-refractivity contribution in [3.05, 3.63) is 66.0 Å². The maximum Gasteiger partial charge on any atom is 0.242 e. The Labute approximate surface area is 160 Å². The van der Waals surface area contributed by atoms with Crippen molar-refractivity contribution in [3.63, 3.8) is 0 Å². The quantitative estimate of drug-likeness (QED) is 0.768. The number of nitrogens with one attached hydrogen (secondary N) is 1. The zero-order valence-corrected chi connectivity index (χ0v) is 15.5. The lowest BCUT2D eigenvalue weighted by Crippen LogP contribution is -2.34. The van der Waals surface area contributed by atoms with Crippen LogP contribution >= 0.6 is 24.0 Å². The molecule has 1 unspecified atom stereocenters. The third-order valence-electron chi connectivity index (χ3n) is 3.97.